The zero-order chi connectivity index (χ0) is 17.8. The number of hydrogen-bond acceptors (Lipinski definition) is 4. The summed E-state index contributed by atoms with van der Waals surface area (Å²) in [6.45, 7) is 0.548. The smallest absolute Gasteiger partial charge is 0.164 e. The van der Waals surface area contributed by atoms with E-state index in [0.29, 0.717) is 13.0 Å². The minimum atomic E-state index is 0. The quantitative estimate of drug-likeness (QED) is 0.810. The standard InChI is InChI=1S/C21H25NO3.ClH/c1-24-20-9-8-15-18(21(20)25-2)12-17(14-6-4-3-5-7-14)16(10-11-23)19(15)13-22;/h3-9,17,23H,10-13,22H2,1-2H3;1H. The minimum absolute atomic E-state index is 0. The van der Waals surface area contributed by atoms with Crippen molar-refractivity contribution in [3.8, 4) is 11.5 Å². The van der Waals surface area contributed by atoms with Crippen LogP contribution in [0.15, 0.2) is 48.0 Å². The lowest BCUT2D eigenvalue weighted by atomic mass is 9.74. The molecule has 1 aliphatic rings. The van der Waals surface area contributed by atoms with Gasteiger partial charge in [-0.3, -0.25) is 0 Å². The Balaban J connectivity index is 0.00000243. The summed E-state index contributed by atoms with van der Waals surface area (Å²) in [6.07, 6.45) is 1.43. The van der Waals surface area contributed by atoms with Gasteiger partial charge in [-0.15, -0.1) is 12.4 Å². The van der Waals surface area contributed by atoms with E-state index in [4.69, 9.17) is 15.2 Å². The molecule has 2 aromatic carbocycles. The minimum Gasteiger partial charge on any atom is -0.493 e. The lowest BCUT2D eigenvalue weighted by Crippen LogP contribution is -2.20. The van der Waals surface area contributed by atoms with Gasteiger partial charge in [0.15, 0.2) is 11.5 Å². The Morgan fingerprint density at radius 3 is 2.38 bits per heavy atom. The Bertz CT molecular complexity index is 774. The van der Waals surface area contributed by atoms with Gasteiger partial charge in [0.1, 0.15) is 0 Å². The maximum Gasteiger partial charge on any atom is 0.164 e. The zero-order valence-electron chi connectivity index (χ0n) is 15.2. The molecule has 140 valence electrons. The van der Waals surface area contributed by atoms with E-state index >= 15 is 0 Å². The number of methoxy groups -OCH3 is 2. The first-order valence-electron chi connectivity index (χ1n) is 8.57. The van der Waals surface area contributed by atoms with Crippen molar-refractivity contribution >= 4 is 18.0 Å². The van der Waals surface area contributed by atoms with E-state index in [9.17, 15) is 5.11 Å². The first kappa shape index (κ1) is 20.3. The number of hydrogen-bond donors (Lipinski definition) is 2. The van der Waals surface area contributed by atoms with Crippen molar-refractivity contribution in [2.24, 2.45) is 5.73 Å². The summed E-state index contributed by atoms with van der Waals surface area (Å²) in [5.74, 6) is 1.69. The van der Waals surface area contributed by atoms with E-state index in [1.165, 1.54) is 11.1 Å². The number of halogens is 1. The molecule has 0 heterocycles. The van der Waals surface area contributed by atoms with Gasteiger partial charge < -0.3 is 20.3 Å². The molecule has 3 rings (SSSR count). The van der Waals surface area contributed by atoms with E-state index < -0.39 is 0 Å². The van der Waals surface area contributed by atoms with Crippen molar-refractivity contribution < 1.29 is 14.6 Å². The third kappa shape index (κ3) is 3.58. The second-order valence-corrected chi connectivity index (χ2v) is 6.18. The molecule has 26 heavy (non-hydrogen) atoms. The highest BCUT2D eigenvalue weighted by molar-refractivity contribution is 5.85. The Hall–Kier alpha value is -2.01. The molecule has 0 aromatic heterocycles. The fourth-order valence-electron chi connectivity index (χ4n) is 3.88. The predicted molar refractivity (Wildman–Crippen MR) is 107 cm³/mol. The molecule has 0 bridgehead atoms. The summed E-state index contributed by atoms with van der Waals surface area (Å²) in [4.78, 5) is 0. The summed E-state index contributed by atoms with van der Waals surface area (Å²) in [6, 6.07) is 14.4. The summed E-state index contributed by atoms with van der Waals surface area (Å²) in [7, 11) is 3.32. The highest BCUT2D eigenvalue weighted by Crippen LogP contribution is 2.46. The molecule has 5 heteroatoms. The molecule has 1 atom stereocenters. The average molecular weight is 376 g/mol. The predicted octanol–water partition coefficient (Wildman–Crippen LogP) is 3.56. The Kier molecular flexibility index (Phi) is 7.09. The Morgan fingerprint density at radius 2 is 1.81 bits per heavy atom. The number of rotatable bonds is 6. The molecule has 0 amide bonds. The van der Waals surface area contributed by atoms with Crippen molar-refractivity contribution in [2.45, 2.75) is 18.8 Å². The normalized spacial score (nSPS) is 15.9. The van der Waals surface area contributed by atoms with Gasteiger partial charge in [0, 0.05) is 24.6 Å². The monoisotopic (exact) mass is 375 g/mol. The van der Waals surface area contributed by atoms with Crippen LogP contribution in [0.2, 0.25) is 0 Å². The molecule has 0 radical (unpaired) electrons. The van der Waals surface area contributed by atoms with Crippen molar-refractivity contribution in [1.29, 1.82) is 0 Å². The topological polar surface area (TPSA) is 64.7 Å². The van der Waals surface area contributed by atoms with Crippen LogP contribution in [-0.2, 0) is 6.42 Å². The molecule has 1 unspecified atom stereocenters. The van der Waals surface area contributed by atoms with Crippen LogP contribution >= 0.6 is 12.4 Å². The number of aliphatic hydroxyl groups excluding tert-OH is 1. The van der Waals surface area contributed by atoms with Crippen LogP contribution in [0.4, 0.5) is 0 Å². The average Bonchev–Trinajstić information content (AvgIpc) is 2.67. The lowest BCUT2D eigenvalue weighted by Gasteiger charge is -2.32. The van der Waals surface area contributed by atoms with Gasteiger partial charge in [0.25, 0.3) is 0 Å². The Labute approximate surface area is 161 Å². The fourth-order valence-corrected chi connectivity index (χ4v) is 3.88. The van der Waals surface area contributed by atoms with Gasteiger partial charge in [-0.1, -0.05) is 42.0 Å². The van der Waals surface area contributed by atoms with Crippen molar-refractivity contribution in [3.05, 3.63) is 64.7 Å². The van der Waals surface area contributed by atoms with Crippen LogP contribution in [0, 0.1) is 0 Å². The van der Waals surface area contributed by atoms with Crippen LogP contribution in [0.1, 0.15) is 29.0 Å². The number of ether oxygens (including phenoxy) is 2. The van der Waals surface area contributed by atoms with Gasteiger partial charge in [-0.25, -0.2) is 0 Å². The Morgan fingerprint density at radius 1 is 1.08 bits per heavy atom. The molecule has 2 aromatic rings. The second-order valence-electron chi connectivity index (χ2n) is 6.18. The van der Waals surface area contributed by atoms with Crippen molar-refractivity contribution in [1.82, 2.24) is 0 Å². The molecule has 0 aliphatic heterocycles. The van der Waals surface area contributed by atoms with Crippen LogP contribution in [-0.4, -0.2) is 32.5 Å². The summed E-state index contributed by atoms with van der Waals surface area (Å²) < 4.78 is 11.1. The van der Waals surface area contributed by atoms with E-state index in [0.717, 1.165) is 34.6 Å². The largest absolute Gasteiger partial charge is 0.493 e. The van der Waals surface area contributed by atoms with Gasteiger partial charge in [0.05, 0.1) is 14.2 Å². The first-order chi connectivity index (χ1) is 12.2. The number of fused-ring (bicyclic) bond motifs is 1. The van der Waals surface area contributed by atoms with E-state index in [1.54, 1.807) is 14.2 Å². The third-order valence-corrected chi connectivity index (χ3v) is 4.98. The summed E-state index contributed by atoms with van der Waals surface area (Å²) in [5.41, 5.74) is 11.9. The molecule has 0 saturated heterocycles. The lowest BCUT2D eigenvalue weighted by molar-refractivity contribution is 0.296. The first-order valence-corrected chi connectivity index (χ1v) is 8.57. The van der Waals surface area contributed by atoms with E-state index in [1.807, 2.05) is 24.3 Å². The van der Waals surface area contributed by atoms with E-state index in [2.05, 4.69) is 18.2 Å². The second kappa shape index (κ2) is 9.08. The molecule has 0 spiro atoms. The van der Waals surface area contributed by atoms with Gasteiger partial charge in [-0.2, -0.15) is 0 Å². The SMILES string of the molecule is COc1ccc2c(c1OC)CC(c1ccccc1)C(CCO)=C2CN.Cl. The van der Waals surface area contributed by atoms with Crippen molar-refractivity contribution in [3.63, 3.8) is 0 Å². The summed E-state index contributed by atoms with van der Waals surface area (Å²) in [5, 5.41) is 9.61. The maximum atomic E-state index is 9.61. The molecular weight excluding hydrogens is 350 g/mol. The fraction of sp³-hybridized carbons (Fsp3) is 0.333. The van der Waals surface area contributed by atoms with Crippen LogP contribution < -0.4 is 15.2 Å². The van der Waals surface area contributed by atoms with Crippen LogP contribution in [0.3, 0.4) is 0 Å². The highest BCUT2D eigenvalue weighted by Gasteiger charge is 2.30. The molecule has 4 nitrogen and oxygen atoms in total. The molecule has 0 fully saturated rings. The summed E-state index contributed by atoms with van der Waals surface area (Å²) >= 11 is 0. The van der Waals surface area contributed by atoms with Crippen LogP contribution in [0.25, 0.3) is 5.57 Å². The van der Waals surface area contributed by atoms with E-state index in [-0.39, 0.29) is 24.9 Å². The molecular formula is C21H26ClNO3. The molecule has 1 aliphatic carbocycles. The maximum absolute atomic E-state index is 9.61. The number of nitrogens with two attached hydrogens (primary N) is 1. The molecule has 3 N–H and O–H groups in total. The van der Waals surface area contributed by atoms with Crippen LogP contribution in [0.5, 0.6) is 11.5 Å². The van der Waals surface area contributed by atoms with Crippen molar-refractivity contribution in [2.75, 3.05) is 27.4 Å². The number of aliphatic hydroxyl groups is 1. The van der Waals surface area contributed by atoms with Gasteiger partial charge in [-0.05, 0) is 35.6 Å². The third-order valence-electron chi connectivity index (χ3n) is 4.98. The van der Waals surface area contributed by atoms with Gasteiger partial charge >= 0.3 is 0 Å². The molecule has 0 saturated carbocycles. The van der Waals surface area contributed by atoms with Gasteiger partial charge in [0.2, 0.25) is 0 Å². The number of benzene rings is 2. The highest BCUT2D eigenvalue weighted by atomic mass is 35.5. The zero-order valence-corrected chi connectivity index (χ0v) is 16.0.